The van der Waals surface area contributed by atoms with Crippen LogP contribution in [-0.2, 0) is 13.0 Å². The number of aromatic nitrogens is 4. The van der Waals surface area contributed by atoms with Crippen molar-refractivity contribution in [3.63, 3.8) is 0 Å². The molecule has 8 heteroatoms. The number of anilines is 1. The molecule has 0 spiro atoms. The molecule has 0 saturated heterocycles. The maximum Gasteiger partial charge on any atom is 0.321 e. The van der Waals surface area contributed by atoms with Crippen molar-refractivity contribution in [3.05, 3.63) is 58.9 Å². The summed E-state index contributed by atoms with van der Waals surface area (Å²) in [6, 6.07) is 3.41. The molecule has 2 amide bonds. The second kappa shape index (κ2) is 8.96. The van der Waals surface area contributed by atoms with Gasteiger partial charge in [-0.2, -0.15) is 0 Å². The molecule has 7 nitrogen and oxygen atoms in total. The fourth-order valence-electron chi connectivity index (χ4n) is 2.28. The van der Waals surface area contributed by atoms with Crippen molar-refractivity contribution in [2.75, 3.05) is 11.9 Å². The minimum absolute atomic E-state index is 0.285. The van der Waals surface area contributed by atoms with Crippen molar-refractivity contribution in [1.82, 2.24) is 24.8 Å². The highest BCUT2D eigenvalue weighted by Crippen LogP contribution is 2.21. The van der Waals surface area contributed by atoms with Crippen LogP contribution in [0.2, 0.25) is 0 Å². The molecule has 0 saturated carbocycles. The van der Waals surface area contributed by atoms with Crippen molar-refractivity contribution >= 4 is 22.5 Å². The Balaban J connectivity index is 1.52. The number of thiazole rings is 1. The maximum atomic E-state index is 12.0. The first-order valence-electron chi connectivity index (χ1n) is 8.59. The number of hydrogen-bond donors (Lipinski definition) is 2. The third-order valence-electron chi connectivity index (χ3n) is 3.74. The van der Waals surface area contributed by atoms with Gasteiger partial charge in [0, 0.05) is 43.7 Å². The van der Waals surface area contributed by atoms with Crippen LogP contribution in [-0.4, -0.2) is 32.1 Å². The van der Waals surface area contributed by atoms with Gasteiger partial charge in [0.1, 0.15) is 4.88 Å². The summed E-state index contributed by atoms with van der Waals surface area (Å²) in [5, 5.41) is 6.10. The van der Waals surface area contributed by atoms with Crippen molar-refractivity contribution < 1.29 is 4.79 Å². The molecule has 0 atom stereocenters. The van der Waals surface area contributed by atoms with Gasteiger partial charge in [0.05, 0.1) is 17.7 Å². The van der Waals surface area contributed by atoms with Crippen LogP contribution in [0.4, 0.5) is 9.93 Å². The number of carbonyl (C=O) groups is 1. The molecule has 3 rings (SSSR count). The third kappa shape index (κ3) is 5.39. The van der Waals surface area contributed by atoms with Crippen LogP contribution in [0, 0.1) is 18.8 Å². The summed E-state index contributed by atoms with van der Waals surface area (Å²) < 4.78 is 2.00. The van der Waals surface area contributed by atoms with Gasteiger partial charge in [0.15, 0.2) is 5.13 Å². The second-order valence-electron chi connectivity index (χ2n) is 5.75. The molecule has 2 N–H and O–H groups in total. The summed E-state index contributed by atoms with van der Waals surface area (Å²) in [5.74, 6) is 6.16. The Morgan fingerprint density at radius 3 is 2.85 bits per heavy atom. The van der Waals surface area contributed by atoms with Crippen LogP contribution in [0.1, 0.15) is 28.8 Å². The molecule has 0 aliphatic rings. The van der Waals surface area contributed by atoms with E-state index in [-0.39, 0.29) is 6.03 Å². The predicted octanol–water partition coefficient (Wildman–Crippen LogP) is 2.83. The summed E-state index contributed by atoms with van der Waals surface area (Å²) in [4.78, 5) is 25.5. The first kappa shape index (κ1) is 18.6. The lowest BCUT2D eigenvalue weighted by Crippen LogP contribution is -2.30. The fourth-order valence-corrected chi connectivity index (χ4v) is 3.10. The number of nitrogens with one attached hydrogen (secondary N) is 2. The normalized spacial score (nSPS) is 10.1. The minimum Gasteiger partial charge on any atom is -0.337 e. The lowest BCUT2D eigenvalue weighted by Gasteiger charge is -2.03. The summed E-state index contributed by atoms with van der Waals surface area (Å²) in [6.45, 7) is 5.32. The quantitative estimate of drug-likeness (QED) is 0.667. The molecule has 27 heavy (non-hydrogen) atoms. The van der Waals surface area contributed by atoms with E-state index in [0.29, 0.717) is 18.1 Å². The largest absolute Gasteiger partial charge is 0.337 e. The molecule has 0 fully saturated rings. The number of imidazole rings is 1. The predicted molar refractivity (Wildman–Crippen MR) is 106 cm³/mol. The van der Waals surface area contributed by atoms with E-state index in [2.05, 4.69) is 44.4 Å². The smallest absolute Gasteiger partial charge is 0.321 e. The summed E-state index contributed by atoms with van der Waals surface area (Å²) >= 11 is 1.36. The molecular weight excluding hydrogens is 360 g/mol. The number of urea groups is 1. The molecule has 138 valence electrons. The van der Waals surface area contributed by atoms with Crippen molar-refractivity contribution in [2.24, 2.45) is 0 Å². The number of rotatable bonds is 5. The van der Waals surface area contributed by atoms with Crippen molar-refractivity contribution in [1.29, 1.82) is 0 Å². The summed E-state index contributed by atoms with van der Waals surface area (Å²) in [7, 11) is 0. The van der Waals surface area contributed by atoms with Gasteiger partial charge in [-0.15, -0.1) is 0 Å². The average molecular weight is 380 g/mol. The van der Waals surface area contributed by atoms with Gasteiger partial charge >= 0.3 is 6.03 Å². The summed E-state index contributed by atoms with van der Waals surface area (Å²) in [6.07, 6.45) is 7.86. The van der Waals surface area contributed by atoms with Gasteiger partial charge < -0.3 is 9.88 Å². The van der Waals surface area contributed by atoms with Gasteiger partial charge in [0.25, 0.3) is 0 Å². The van der Waals surface area contributed by atoms with E-state index in [9.17, 15) is 4.79 Å². The standard InChI is InChI=1S/C19H20N6OS/c1-3-25-12-16(22-13-25)8-11-21-18(26)24-19-23-14(2)17(27-19)5-4-15-6-9-20-10-7-15/h6-7,9-10,12-13H,3,8,11H2,1-2H3,(H2,21,23,24,26). The molecule has 3 aromatic heterocycles. The van der Waals surface area contributed by atoms with Crippen molar-refractivity contribution in [2.45, 2.75) is 26.8 Å². The first-order valence-corrected chi connectivity index (χ1v) is 9.40. The van der Waals surface area contributed by atoms with Gasteiger partial charge in [-0.05, 0) is 31.9 Å². The van der Waals surface area contributed by atoms with Crippen LogP contribution in [0.25, 0.3) is 0 Å². The Kier molecular flexibility index (Phi) is 6.18. The summed E-state index contributed by atoms with van der Waals surface area (Å²) in [5.41, 5.74) is 2.63. The SMILES string of the molecule is CCn1cnc(CCNC(=O)Nc2nc(C)c(C#Cc3ccncc3)s2)c1. The highest BCUT2D eigenvalue weighted by Gasteiger charge is 2.09. The van der Waals surface area contributed by atoms with E-state index in [4.69, 9.17) is 0 Å². The molecule has 0 aliphatic carbocycles. The lowest BCUT2D eigenvalue weighted by molar-refractivity contribution is 0.252. The van der Waals surface area contributed by atoms with Crippen LogP contribution in [0.5, 0.6) is 0 Å². The number of aryl methyl sites for hydroxylation is 2. The Labute approximate surface area is 161 Å². The molecule has 0 aromatic carbocycles. The lowest BCUT2D eigenvalue weighted by atomic mass is 10.2. The topological polar surface area (TPSA) is 84.7 Å². The Bertz CT molecular complexity index is 967. The zero-order chi connectivity index (χ0) is 19.1. The number of carbonyl (C=O) groups excluding carboxylic acids is 1. The van der Waals surface area contributed by atoms with E-state index in [1.165, 1.54) is 11.3 Å². The second-order valence-corrected chi connectivity index (χ2v) is 6.74. The van der Waals surface area contributed by atoms with E-state index in [1.54, 1.807) is 18.7 Å². The molecule has 3 aromatic rings. The zero-order valence-electron chi connectivity index (χ0n) is 15.2. The minimum atomic E-state index is -0.285. The molecule has 0 unspecified atom stereocenters. The van der Waals surface area contributed by atoms with Gasteiger partial charge in [-0.25, -0.2) is 14.8 Å². The first-order chi connectivity index (χ1) is 13.1. The average Bonchev–Trinajstić information content (AvgIpc) is 3.27. The zero-order valence-corrected chi connectivity index (χ0v) is 16.0. The van der Waals surface area contributed by atoms with E-state index in [0.717, 1.165) is 28.4 Å². The van der Waals surface area contributed by atoms with Crippen LogP contribution in [0.3, 0.4) is 0 Å². The third-order valence-corrected chi connectivity index (χ3v) is 4.72. The monoisotopic (exact) mass is 380 g/mol. The maximum absolute atomic E-state index is 12.0. The Morgan fingerprint density at radius 1 is 1.30 bits per heavy atom. The van der Waals surface area contributed by atoms with Crippen LogP contribution in [0.15, 0.2) is 37.1 Å². The number of hydrogen-bond acceptors (Lipinski definition) is 5. The van der Waals surface area contributed by atoms with E-state index < -0.39 is 0 Å². The number of pyridine rings is 1. The molecule has 3 heterocycles. The van der Waals surface area contributed by atoms with E-state index >= 15 is 0 Å². The van der Waals surface area contributed by atoms with Gasteiger partial charge in [-0.1, -0.05) is 17.3 Å². The van der Waals surface area contributed by atoms with Crippen LogP contribution < -0.4 is 10.6 Å². The molecule has 0 aliphatic heterocycles. The van der Waals surface area contributed by atoms with Crippen LogP contribution >= 0.6 is 11.3 Å². The number of amides is 2. The van der Waals surface area contributed by atoms with Crippen molar-refractivity contribution in [3.8, 4) is 11.8 Å². The van der Waals surface area contributed by atoms with E-state index in [1.807, 2.05) is 29.8 Å². The highest BCUT2D eigenvalue weighted by molar-refractivity contribution is 7.16. The molecule has 0 radical (unpaired) electrons. The van der Waals surface area contributed by atoms with Gasteiger partial charge in [-0.3, -0.25) is 10.3 Å². The Morgan fingerprint density at radius 2 is 2.11 bits per heavy atom. The fraction of sp³-hybridized carbons (Fsp3) is 0.263. The number of nitrogens with zero attached hydrogens (tertiary/aromatic N) is 4. The molecule has 0 bridgehead atoms. The Hall–Kier alpha value is -3.18. The van der Waals surface area contributed by atoms with Gasteiger partial charge in [0.2, 0.25) is 0 Å². The molecular formula is C19H20N6OS. The highest BCUT2D eigenvalue weighted by atomic mass is 32.1.